The molecule has 0 unspecified atom stereocenters. The van der Waals surface area contributed by atoms with Gasteiger partial charge in [-0.25, -0.2) is 8.42 Å². The smallest absolute Gasteiger partial charge is 0.263 e. The van der Waals surface area contributed by atoms with Crippen LogP contribution in [0.3, 0.4) is 0 Å². The number of sulfonamides is 1. The zero-order valence-corrected chi connectivity index (χ0v) is 20.6. The Morgan fingerprint density at radius 1 is 0.682 bits per heavy atom. The van der Waals surface area contributed by atoms with Crippen molar-refractivity contribution in [1.29, 1.82) is 0 Å². The Balaban J connectivity index is 2.50. The molecule has 0 amide bonds. The van der Waals surface area contributed by atoms with E-state index < -0.39 is 10.0 Å². The number of hydrogen-bond acceptors (Lipinski definition) is 2. The summed E-state index contributed by atoms with van der Waals surface area (Å²) >= 11 is 20.1. The van der Waals surface area contributed by atoms with Crippen LogP contribution in [0.5, 0.6) is 0 Å². The maximum absolute atomic E-state index is 12.6. The van der Waals surface area contributed by atoms with Gasteiger partial charge in [0.25, 0.3) is 10.0 Å². The summed E-state index contributed by atoms with van der Waals surface area (Å²) in [6.07, 6.45) is 0. The molecule has 0 heterocycles. The number of nitrogens with one attached hydrogen (secondary N) is 1. The third-order valence-electron chi connectivity index (χ3n) is 2.57. The van der Waals surface area contributed by atoms with E-state index in [0.29, 0.717) is 19.1 Å². The lowest BCUT2D eigenvalue weighted by Gasteiger charge is -2.13. The van der Waals surface area contributed by atoms with Crippen LogP contribution in [0, 0.1) is 0 Å². The summed E-state index contributed by atoms with van der Waals surface area (Å²) in [5, 5.41) is 0. The highest BCUT2D eigenvalue weighted by molar-refractivity contribution is 9.15. The Morgan fingerprint density at radius 3 is 1.77 bits per heavy atom. The molecular weight excluding hydrogens is 702 g/mol. The normalized spacial score (nSPS) is 11.5. The van der Waals surface area contributed by atoms with Crippen molar-refractivity contribution in [2.45, 2.75) is 4.90 Å². The van der Waals surface area contributed by atoms with Crippen LogP contribution < -0.4 is 4.72 Å². The van der Waals surface area contributed by atoms with Gasteiger partial charge in [0, 0.05) is 17.9 Å². The van der Waals surface area contributed by atoms with Crippen molar-refractivity contribution in [3.8, 4) is 0 Å². The predicted molar refractivity (Wildman–Crippen MR) is 110 cm³/mol. The maximum atomic E-state index is 12.6. The lowest BCUT2D eigenvalue weighted by atomic mass is 10.3. The monoisotopic (exact) mass is 701 g/mol. The van der Waals surface area contributed by atoms with E-state index in [4.69, 9.17) is 0 Å². The standard InChI is InChI=1S/C12H5Br6NO2S/c13-5-1-3-7(11(17)9(5)15)19-22(20,21)8-4-2-6(14)10(16)12(8)18/h1-4,19H. The largest absolute Gasteiger partial charge is 0.278 e. The number of halogens is 6. The molecule has 0 saturated carbocycles. The molecule has 0 aliphatic rings. The summed E-state index contributed by atoms with van der Waals surface area (Å²) in [7, 11) is -3.75. The highest BCUT2D eigenvalue weighted by Crippen LogP contribution is 2.39. The van der Waals surface area contributed by atoms with E-state index in [1.807, 2.05) is 0 Å². The molecule has 0 spiro atoms. The maximum Gasteiger partial charge on any atom is 0.263 e. The van der Waals surface area contributed by atoms with E-state index in [1.54, 1.807) is 18.2 Å². The first-order valence-electron chi connectivity index (χ1n) is 5.45. The lowest BCUT2D eigenvalue weighted by Crippen LogP contribution is -2.14. The van der Waals surface area contributed by atoms with Crippen LogP contribution in [0.2, 0.25) is 0 Å². The summed E-state index contributed by atoms with van der Waals surface area (Å²) < 4.78 is 31.8. The van der Waals surface area contributed by atoms with Crippen LogP contribution in [0.1, 0.15) is 0 Å². The lowest BCUT2D eigenvalue weighted by molar-refractivity contribution is 0.600. The fourth-order valence-electron chi connectivity index (χ4n) is 1.52. The average molecular weight is 707 g/mol. The van der Waals surface area contributed by atoms with Crippen LogP contribution >= 0.6 is 95.6 Å². The van der Waals surface area contributed by atoms with Crippen molar-refractivity contribution in [2.24, 2.45) is 0 Å². The Morgan fingerprint density at radius 2 is 1.18 bits per heavy atom. The third-order valence-corrected chi connectivity index (χ3v) is 11.0. The molecule has 1 N–H and O–H groups in total. The van der Waals surface area contributed by atoms with E-state index >= 15 is 0 Å². The second-order valence-electron chi connectivity index (χ2n) is 4.00. The molecule has 2 aromatic rings. The van der Waals surface area contributed by atoms with Crippen molar-refractivity contribution < 1.29 is 8.42 Å². The van der Waals surface area contributed by atoms with Gasteiger partial charge in [0.05, 0.1) is 14.6 Å². The van der Waals surface area contributed by atoms with Crippen LogP contribution in [0.15, 0.2) is 56.0 Å². The predicted octanol–water partition coefficient (Wildman–Crippen LogP) is 7.06. The Labute approximate surface area is 178 Å². The van der Waals surface area contributed by atoms with Crippen molar-refractivity contribution >= 4 is 111 Å². The molecule has 2 aromatic carbocycles. The fourth-order valence-corrected chi connectivity index (χ4v) is 6.25. The van der Waals surface area contributed by atoms with Gasteiger partial charge in [0.1, 0.15) is 4.90 Å². The zero-order chi connectivity index (χ0) is 16.7. The highest BCUT2D eigenvalue weighted by Gasteiger charge is 2.22. The van der Waals surface area contributed by atoms with E-state index in [1.165, 1.54) is 6.07 Å². The third kappa shape index (κ3) is 4.00. The summed E-state index contributed by atoms with van der Waals surface area (Å²) in [5.41, 5.74) is 0.431. The topological polar surface area (TPSA) is 46.2 Å². The van der Waals surface area contributed by atoms with Gasteiger partial charge in [-0.3, -0.25) is 4.72 Å². The van der Waals surface area contributed by atoms with Crippen LogP contribution in [-0.2, 0) is 10.0 Å². The number of anilines is 1. The number of benzene rings is 2. The second kappa shape index (κ2) is 7.53. The van der Waals surface area contributed by atoms with E-state index in [9.17, 15) is 8.42 Å². The molecule has 10 heteroatoms. The molecule has 0 fully saturated rings. The average Bonchev–Trinajstić information content (AvgIpc) is 2.45. The first-order valence-corrected chi connectivity index (χ1v) is 11.7. The van der Waals surface area contributed by atoms with Gasteiger partial charge in [-0.15, -0.1) is 0 Å². The van der Waals surface area contributed by atoms with Crippen molar-refractivity contribution in [3.05, 3.63) is 51.1 Å². The minimum Gasteiger partial charge on any atom is -0.278 e. The summed E-state index contributed by atoms with van der Waals surface area (Å²) in [4.78, 5) is 0.133. The Kier molecular flexibility index (Phi) is 6.64. The molecule has 118 valence electrons. The highest BCUT2D eigenvalue weighted by atomic mass is 79.9. The van der Waals surface area contributed by atoms with Crippen molar-refractivity contribution in [2.75, 3.05) is 4.72 Å². The quantitative estimate of drug-likeness (QED) is 0.348. The van der Waals surface area contributed by atoms with Gasteiger partial charge >= 0.3 is 0 Å². The first kappa shape index (κ1) is 19.4. The van der Waals surface area contributed by atoms with Crippen molar-refractivity contribution in [3.63, 3.8) is 0 Å². The van der Waals surface area contributed by atoms with Gasteiger partial charge < -0.3 is 0 Å². The fraction of sp³-hybridized carbons (Fsp3) is 0. The Hall–Kier alpha value is 1.07. The van der Waals surface area contributed by atoms with E-state index in [0.717, 1.165) is 13.4 Å². The molecule has 22 heavy (non-hydrogen) atoms. The summed E-state index contributed by atoms with van der Waals surface area (Å²) in [6.45, 7) is 0. The van der Waals surface area contributed by atoms with Gasteiger partial charge in [0.15, 0.2) is 0 Å². The molecule has 2 rings (SSSR count). The van der Waals surface area contributed by atoms with Gasteiger partial charge in [-0.1, -0.05) is 0 Å². The van der Waals surface area contributed by atoms with Crippen LogP contribution in [0.25, 0.3) is 0 Å². The van der Waals surface area contributed by atoms with Gasteiger partial charge in [-0.05, 0) is 120 Å². The second-order valence-corrected chi connectivity index (χ2v) is 10.5. The van der Waals surface area contributed by atoms with E-state index in [-0.39, 0.29) is 4.90 Å². The molecule has 0 aliphatic carbocycles. The minimum absolute atomic E-state index is 0.133. The molecule has 0 atom stereocenters. The molecular formula is C12H5Br6NO2S. The molecule has 0 aromatic heterocycles. The molecule has 0 saturated heterocycles. The number of hydrogen-bond donors (Lipinski definition) is 1. The van der Waals surface area contributed by atoms with Gasteiger partial charge in [0.2, 0.25) is 0 Å². The van der Waals surface area contributed by atoms with Crippen LogP contribution in [-0.4, -0.2) is 8.42 Å². The summed E-state index contributed by atoms with van der Waals surface area (Å²) in [5.74, 6) is 0. The van der Waals surface area contributed by atoms with Gasteiger partial charge in [-0.2, -0.15) is 0 Å². The summed E-state index contributed by atoms with van der Waals surface area (Å²) in [6, 6.07) is 6.59. The Bertz CT molecular complexity index is 853. The first-order chi connectivity index (χ1) is 10.1. The molecule has 0 radical (unpaired) electrons. The van der Waals surface area contributed by atoms with Crippen LogP contribution in [0.4, 0.5) is 5.69 Å². The SMILES string of the molecule is O=S(=O)(Nc1ccc(Br)c(Br)c1Br)c1ccc(Br)c(Br)c1Br. The van der Waals surface area contributed by atoms with E-state index in [2.05, 4.69) is 100 Å². The molecule has 3 nitrogen and oxygen atoms in total. The molecule has 0 aliphatic heterocycles. The van der Waals surface area contributed by atoms with Crippen molar-refractivity contribution in [1.82, 2.24) is 0 Å². The molecule has 0 bridgehead atoms. The number of rotatable bonds is 3. The zero-order valence-electron chi connectivity index (χ0n) is 10.3. The minimum atomic E-state index is -3.75.